The van der Waals surface area contributed by atoms with Crippen molar-refractivity contribution in [2.24, 2.45) is 0 Å². The first-order valence-electron chi connectivity index (χ1n) is 4.78. The number of rotatable bonds is 3. The van der Waals surface area contributed by atoms with Crippen LogP contribution in [0.1, 0.15) is 21.0 Å². The summed E-state index contributed by atoms with van der Waals surface area (Å²) in [4.78, 5) is 26.1. The minimum Gasteiger partial charge on any atom is -0.478 e. The number of H-pyrrole nitrogens is 1. The van der Waals surface area contributed by atoms with Gasteiger partial charge in [-0.25, -0.2) is 14.2 Å². The summed E-state index contributed by atoms with van der Waals surface area (Å²) in [7, 11) is 0. The van der Waals surface area contributed by atoms with Crippen LogP contribution in [0.5, 0.6) is 0 Å². The summed E-state index contributed by atoms with van der Waals surface area (Å²) >= 11 is 0. The summed E-state index contributed by atoms with van der Waals surface area (Å²) < 4.78 is 13.3. The van der Waals surface area contributed by atoms with E-state index in [0.29, 0.717) is 0 Å². The highest BCUT2D eigenvalue weighted by Gasteiger charge is 2.18. The second kappa shape index (κ2) is 4.62. The number of aromatic carboxylic acids is 1. The van der Waals surface area contributed by atoms with Crippen LogP contribution in [0.3, 0.4) is 0 Å². The first-order chi connectivity index (χ1) is 8.59. The highest BCUT2D eigenvalue weighted by molar-refractivity contribution is 6.05. The third-order valence-corrected chi connectivity index (χ3v) is 2.11. The van der Waals surface area contributed by atoms with Gasteiger partial charge < -0.3 is 10.4 Å². The minimum atomic E-state index is -1.47. The monoisotopic (exact) mass is 250 g/mol. The molecule has 0 bridgehead atoms. The Labute approximate surface area is 99.7 Å². The lowest BCUT2D eigenvalue weighted by Crippen LogP contribution is -2.17. The molecule has 1 heterocycles. The van der Waals surface area contributed by atoms with E-state index in [1.165, 1.54) is 12.1 Å². The number of aromatic nitrogens is 3. The number of carboxylic acids is 1. The fourth-order valence-electron chi connectivity index (χ4n) is 1.34. The van der Waals surface area contributed by atoms with Crippen molar-refractivity contribution in [2.75, 3.05) is 5.32 Å². The van der Waals surface area contributed by atoms with E-state index >= 15 is 0 Å². The van der Waals surface area contributed by atoms with Crippen LogP contribution in [0.4, 0.5) is 10.1 Å². The zero-order valence-corrected chi connectivity index (χ0v) is 8.85. The Kier molecular flexibility index (Phi) is 3.00. The van der Waals surface area contributed by atoms with Crippen molar-refractivity contribution in [3.05, 3.63) is 41.7 Å². The predicted octanol–water partition coefficient (Wildman–Crippen LogP) is 0.894. The van der Waals surface area contributed by atoms with Crippen molar-refractivity contribution in [1.82, 2.24) is 15.2 Å². The zero-order valence-electron chi connectivity index (χ0n) is 8.85. The molecule has 0 aliphatic rings. The van der Waals surface area contributed by atoms with Crippen LogP contribution in [-0.2, 0) is 0 Å². The lowest BCUT2D eigenvalue weighted by Gasteiger charge is -2.07. The lowest BCUT2D eigenvalue weighted by atomic mass is 10.1. The van der Waals surface area contributed by atoms with Gasteiger partial charge in [0, 0.05) is 0 Å². The highest BCUT2D eigenvalue weighted by atomic mass is 19.1. The summed E-state index contributed by atoms with van der Waals surface area (Å²) in [5.41, 5.74) is -0.755. The third kappa shape index (κ3) is 2.17. The molecule has 18 heavy (non-hydrogen) atoms. The number of anilines is 1. The molecule has 1 aromatic heterocycles. The van der Waals surface area contributed by atoms with E-state index in [9.17, 15) is 14.0 Å². The van der Waals surface area contributed by atoms with Crippen LogP contribution in [0.25, 0.3) is 0 Å². The number of benzene rings is 1. The lowest BCUT2D eigenvalue weighted by molar-refractivity contribution is 0.0693. The molecular weight excluding hydrogens is 243 g/mol. The Balaban J connectivity index is 2.32. The van der Waals surface area contributed by atoms with Crippen LogP contribution in [0.2, 0.25) is 0 Å². The number of amides is 1. The first kappa shape index (κ1) is 11.7. The fraction of sp³-hybridized carbons (Fsp3) is 0. The van der Waals surface area contributed by atoms with E-state index in [2.05, 4.69) is 20.5 Å². The number of nitrogens with zero attached hydrogens (tertiary/aromatic N) is 2. The van der Waals surface area contributed by atoms with Crippen molar-refractivity contribution in [3.8, 4) is 0 Å². The quantitative estimate of drug-likeness (QED) is 0.749. The molecule has 0 radical (unpaired) electrons. The zero-order chi connectivity index (χ0) is 13.1. The number of hydrogen-bond acceptors (Lipinski definition) is 4. The van der Waals surface area contributed by atoms with Gasteiger partial charge in [0.2, 0.25) is 5.82 Å². The Hall–Kier alpha value is -2.77. The van der Waals surface area contributed by atoms with Crippen LogP contribution < -0.4 is 5.32 Å². The van der Waals surface area contributed by atoms with Gasteiger partial charge in [-0.05, 0) is 12.1 Å². The number of hydrogen-bond donors (Lipinski definition) is 3. The van der Waals surface area contributed by atoms with Crippen LogP contribution in [0, 0.1) is 5.82 Å². The molecule has 0 saturated carbocycles. The molecule has 1 amide bonds. The maximum atomic E-state index is 13.3. The van der Waals surface area contributed by atoms with Gasteiger partial charge in [0.15, 0.2) is 0 Å². The average molecular weight is 250 g/mol. The molecule has 2 aromatic rings. The van der Waals surface area contributed by atoms with Gasteiger partial charge in [0.1, 0.15) is 17.7 Å². The van der Waals surface area contributed by atoms with Gasteiger partial charge in [-0.3, -0.25) is 9.89 Å². The Bertz CT molecular complexity index is 597. The van der Waals surface area contributed by atoms with E-state index in [0.717, 1.165) is 12.4 Å². The molecule has 1 aromatic carbocycles. The van der Waals surface area contributed by atoms with Gasteiger partial charge in [0.05, 0.1) is 5.69 Å². The molecule has 0 atom stereocenters. The summed E-state index contributed by atoms with van der Waals surface area (Å²) in [6.07, 6.45) is 1.12. The Morgan fingerprint density at radius 3 is 2.78 bits per heavy atom. The van der Waals surface area contributed by atoms with Gasteiger partial charge in [0.25, 0.3) is 5.91 Å². The van der Waals surface area contributed by atoms with E-state index < -0.39 is 23.3 Å². The highest BCUT2D eigenvalue weighted by Crippen LogP contribution is 2.19. The summed E-state index contributed by atoms with van der Waals surface area (Å²) in [6.45, 7) is 0. The van der Waals surface area contributed by atoms with Crippen LogP contribution in [0.15, 0.2) is 24.5 Å². The number of carbonyl (C=O) groups excluding carboxylic acids is 1. The third-order valence-electron chi connectivity index (χ3n) is 2.11. The summed E-state index contributed by atoms with van der Waals surface area (Å²) in [5.74, 6) is -3.21. The van der Waals surface area contributed by atoms with Crippen molar-refractivity contribution in [2.45, 2.75) is 0 Å². The molecule has 2 rings (SSSR count). The maximum absolute atomic E-state index is 13.3. The normalized spacial score (nSPS) is 10.1. The van der Waals surface area contributed by atoms with Crippen molar-refractivity contribution in [1.29, 1.82) is 0 Å². The number of halogens is 1. The van der Waals surface area contributed by atoms with Gasteiger partial charge in [-0.15, -0.1) is 0 Å². The topological polar surface area (TPSA) is 108 Å². The molecular formula is C10H7FN4O3. The summed E-state index contributed by atoms with van der Waals surface area (Å²) in [6, 6.07) is 3.56. The van der Waals surface area contributed by atoms with E-state index in [1.54, 1.807) is 0 Å². The molecule has 3 N–H and O–H groups in total. The molecule has 0 aliphatic heterocycles. The van der Waals surface area contributed by atoms with Crippen LogP contribution in [-0.4, -0.2) is 32.2 Å². The Morgan fingerprint density at radius 2 is 2.17 bits per heavy atom. The molecule has 0 spiro atoms. The number of nitrogens with one attached hydrogen (secondary N) is 2. The second-order valence-electron chi connectivity index (χ2n) is 3.26. The SMILES string of the molecule is O=C(Nc1cccc(F)c1C(=O)O)c1ncn[nH]1. The Morgan fingerprint density at radius 1 is 1.39 bits per heavy atom. The molecule has 8 heteroatoms. The van der Waals surface area contributed by atoms with Crippen LogP contribution >= 0.6 is 0 Å². The van der Waals surface area contributed by atoms with Gasteiger partial charge in [-0.2, -0.15) is 5.10 Å². The molecule has 0 saturated heterocycles. The molecule has 0 unspecified atom stereocenters. The number of carbonyl (C=O) groups is 2. The molecule has 0 fully saturated rings. The van der Waals surface area contributed by atoms with Crippen molar-refractivity contribution < 1.29 is 19.1 Å². The predicted molar refractivity (Wildman–Crippen MR) is 57.7 cm³/mol. The smallest absolute Gasteiger partial charge is 0.340 e. The van der Waals surface area contributed by atoms with Gasteiger partial charge in [-0.1, -0.05) is 6.07 Å². The van der Waals surface area contributed by atoms with E-state index in [4.69, 9.17) is 5.11 Å². The maximum Gasteiger partial charge on any atom is 0.340 e. The largest absolute Gasteiger partial charge is 0.478 e. The van der Waals surface area contributed by atoms with Gasteiger partial charge >= 0.3 is 5.97 Å². The van der Waals surface area contributed by atoms with E-state index in [1.807, 2.05) is 0 Å². The average Bonchev–Trinajstić information content (AvgIpc) is 2.81. The molecule has 0 aliphatic carbocycles. The van der Waals surface area contributed by atoms with E-state index in [-0.39, 0.29) is 11.5 Å². The first-order valence-corrected chi connectivity index (χ1v) is 4.78. The molecule has 7 nitrogen and oxygen atoms in total. The van der Waals surface area contributed by atoms with Crippen molar-refractivity contribution >= 4 is 17.6 Å². The summed E-state index contributed by atoms with van der Waals surface area (Å²) in [5, 5.41) is 16.9. The number of carboxylic acid groups (broad SMARTS) is 1. The standard InChI is InChI=1S/C10H7FN4O3/c11-5-2-1-3-6(7(5)10(17)18)14-9(16)8-12-4-13-15-8/h1-4H,(H,14,16)(H,17,18)(H,12,13,15). The second-order valence-corrected chi connectivity index (χ2v) is 3.26. The number of aromatic amines is 1. The molecule has 92 valence electrons. The minimum absolute atomic E-state index is 0.101. The fourth-order valence-corrected chi connectivity index (χ4v) is 1.34. The van der Waals surface area contributed by atoms with Crippen molar-refractivity contribution in [3.63, 3.8) is 0 Å².